The summed E-state index contributed by atoms with van der Waals surface area (Å²) in [6.45, 7) is 2.09. The zero-order chi connectivity index (χ0) is 16.1. The number of aromatic amines is 1. The molecular weight excluding hydrogens is 306 g/mol. The van der Waals surface area contributed by atoms with Crippen LogP contribution < -0.4 is 4.74 Å². The van der Waals surface area contributed by atoms with Gasteiger partial charge in [0.15, 0.2) is 0 Å². The maximum Gasteiger partial charge on any atom is 0.208 e. The predicted octanol–water partition coefficient (Wildman–Crippen LogP) is 4.00. The number of ether oxygens (including phenoxy) is 1. The van der Waals surface area contributed by atoms with E-state index < -0.39 is 0 Å². The molecule has 118 valence electrons. The summed E-state index contributed by atoms with van der Waals surface area (Å²) in [5.74, 6) is 2.61. The Kier molecular flexibility index (Phi) is 4.98. The SMILES string of the molecule is COc1ccc(Cc2nc(SCc3ccc(C)cc3)n[nH]2)cc1. The van der Waals surface area contributed by atoms with Crippen molar-refractivity contribution in [1.82, 2.24) is 15.2 Å². The van der Waals surface area contributed by atoms with Gasteiger partial charge in [0, 0.05) is 12.2 Å². The Bertz CT molecular complexity index is 751. The molecule has 0 aliphatic carbocycles. The number of hydrogen-bond donors (Lipinski definition) is 1. The van der Waals surface area contributed by atoms with E-state index >= 15 is 0 Å². The minimum atomic E-state index is 0.738. The van der Waals surface area contributed by atoms with Gasteiger partial charge in [0.05, 0.1) is 7.11 Å². The van der Waals surface area contributed by atoms with Gasteiger partial charge in [-0.15, -0.1) is 5.10 Å². The molecule has 5 heteroatoms. The van der Waals surface area contributed by atoms with E-state index in [4.69, 9.17) is 4.74 Å². The van der Waals surface area contributed by atoms with E-state index in [1.165, 1.54) is 16.7 Å². The Morgan fingerprint density at radius 3 is 2.39 bits per heavy atom. The molecule has 0 bridgehead atoms. The molecule has 2 aromatic carbocycles. The van der Waals surface area contributed by atoms with Crippen LogP contribution in [0.5, 0.6) is 5.75 Å². The van der Waals surface area contributed by atoms with Crippen LogP contribution in [0.15, 0.2) is 53.7 Å². The summed E-state index contributed by atoms with van der Waals surface area (Å²) in [6, 6.07) is 16.5. The van der Waals surface area contributed by atoms with Gasteiger partial charge in [-0.1, -0.05) is 53.7 Å². The first kappa shape index (κ1) is 15.6. The Hall–Kier alpha value is -2.27. The summed E-state index contributed by atoms with van der Waals surface area (Å²) in [6.07, 6.45) is 0.738. The van der Waals surface area contributed by atoms with Gasteiger partial charge in [-0.2, -0.15) is 0 Å². The predicted molar refractivity (Wildman–Crippen MR) is 92.9 cm³/mol. The number of benzene rings is 2. The summed E-state index contributed by atoms with van der Waals surface area (Å²) in [5, 5.41) is 8.08. The van der Waals surface area contributed by atoms with Gasteiger partial charge in [0.2, 0.25) is 5.16 Å². The standard InChI is InChI=1S/C18H19N3OS/c1-13-3-5-15(6-4-13)12-23-18-19-17(20-21-18)11-14-7-9-16(22-2)10-8-14/h3-10H,11-12H2,1-2H3,(H,19,20,21). The Morgan fingerprint density at radius 2 is 1.70 bits per heavy atom. The van der Waals surface area contributed by atoms with Crippen LogP contribution in [0.4, 0.5) is 0 Å². The van der Waals surface area contributed by atoms with Crippen molar-refractivity contribution in [3.63, 3.8) is 0 Å². The number of nitrogens with one attached hydrogen (secondary N) is 1. The van der Waals surface area contributed by atoms with Crippen LogP contribution in [-0.2, 0) is 12.2 Å². The molecule has 0 amide bonds. The van der Waals surface area contributed by atoms with Gasteiger partial charge in [-0.3, -0.25) is 5.10 Å². The highest BCUT2D eigenvalue weighted by Crippen LogP contribution is 2.20. The second-order valence-electron chi connectivity index (χ2n) is 5.36. The van der Waals surface area contributed by atoms with Crippen molar-refractivity contribution in [2.45, 2.75) is 24.3 Å². The van der Waals surface area contributed by atoms with Gasteiger partial charge in [0.1, 0.15) is 11.6 Å². The largest absolute Gasteiger partial charge is 0.497 e. The number of thioether (sulfide) groups is 1. The molecule has 1 heterocycles. The Morgan fingerprint density at radius 1 is 1.00 bits per heavy atom. The van der Waals surface area contributed by atoms with E-state index in [9.17, 15) is 0 Å². The molecule has 3 rings (SSSR count). The van der Waals surface area contributed by atoms with Crippen LogP contribution in [0.2, 0.25) is 0 Å². The zero-order valence-electron chi connectivity index (χ0n) is 13.2. The fraction of sp³-hybridized carbons (Fsp3) is 0.222. The van der Waals surface area contributed by atoms with Crippen LogP contribution in [0.25, 0.3) is 0 Å². The van der Waals surface area contributed by atoms with Crippen molar-refractivity contribution < 1.29 is 4.74 Å². The number of methoxy groups -OCH3 is 1. The van der Waals surface area contributed by atoms with Gasteiger partial charge in [-0.05, 0) is 30.2 Å². The maximum atomic E-state index is 5.17. The molecule has 0 atom stereocenters. The summed E-state index contributed by atoms with van der Waals surface area (Å²) >= 11 is 1.64. The highest BCUT2D eigenvalue weighted by atomic mass is 32.2. The second kappa shape index (κ2) is 7.33. The van der Waals surface area contributed by atoms with Crippen molar-refractivity contribution in [3.8, 4) is 5.75 Å². The topological polar surface area (TPSA) is 50.8 Å². The summed E-state index contributed by atoms with van der Waals surface area (Å²) in [7, 11) is 1.67. The van der Waals surface area contributed by atoms with Crippen molar-refractivity contribution in [3.05, 3.63) is 71.0 Å². The number of rotatable bonds is 6. The molecule has 0 radical (unpaired) electrons. The van der Waals surface area contributed by atoms with Crippen molar-refractivity contribution in [2.24, 2.45) is 0 Å². The molecule has 0 saturated heterocycles. The molecule has 0 aliphatic heterocycles. The maximum absolute atomic E-state index is 5.17. The molecule has 0 spiro atoms. The van der Waals surface area contributed by atoms with Gasteiger partial charge in [-0.25, -0.2) is 4.98 Å². The molecule has 0 fully saturated rings. The third kappa shape index (κ3) is 4.36. The van der Waals surface area contributed by atoms with Crippen molar-refractivity contribution in [1.29, 1.82) is 0 Å². The first-order chi connectivity index (χ1) is 11.2. The smallest absolute Gasteiger partial charge is 0.208 e. The second-order valence-corrected chi connectivity index (χ2v) is 6.31. The molecule has 3 aromatic rings. The molecule has 23 heavy (non-hydrogen) atoms. The molecule has 0 unspecified atom stereocenters. The first-order valence-corrected chi connectivity index (χ1v) is 8.44. The Balaban J connectivity index is 1.57. The van der Waals surface area contributed by atoms with Gasteiger partial charge < -0.3 is 4.74 Å². The lowest BCUT2D eigenvalue weighted by molar-refractivity contribution is 0.414. The molecule has 4 nitrogen and oxygen atoms in total. The summed E-state index contributed by atoms with van der Waals surface area (Å²) in [5.41, 5.74) is 3.73. The number of aryl methyl sites for hydroxylation is 1. The highest BCUT2D eigenvalue weighted by Gasteiger charge is 2.06. The minimum Gasteiger partial charge on any atom is -0.497 e. The number of aromatic nitrogens is 3. The van der Waals surface area contributed by atoms with Crippen molar-refractivity contribution >= 4 is 11.8 Å². The molecule has 0 aliphatic rings. The third-order valence-corrected chi connectivity index (χ3v) is 4.45. The van der Waals surface area contributed by atoms with Crippen LogP contribution in [0, 0.1) is 6.92 Å². The van der Waals surface area contributed by atoms with E-state index in [-0.39, 0.29) is 0 Å². The number of nitrogens with zero attached hydrogens (tertiary/aromatic N) is 2. The molecule has 1 N–H and O–H groups in total. The normalized spacial score (nSPS) is 10.7. The minimum absolute atomic E-state index is 0.738. The number of H-pyrrole nitrogens is 1. The molecule has 1 aromatic heterocycles. The van der Waals surface area contributed by atoms with E-state index in [2.05, 4.69) is 46.4 Å². The van der Waals surface area contributed by atoms with Crippen molar-refractivity contribution in [2.75, 3.05) is 7.11 Å². The van der Waals surface area contributed by atoms with Crippen LogP contribution in [0.1, 0.15) is 22.5 Å². The third-order valence-electron chi connectivity index (χ3n) is 3.53. The zero-order valence-corrected chi connectivity index (χ0v) is 14.1. The van der Waals surface area contributed by atoms with Gasteiger partial charge >= 0.3 is 0 Å². The Labute approximate surface area is 140 Å². The first-order valence-electron chi connectivity index (χ1n) is 7.45. The lowest BCUT2D eigenvalue weighted by atomic mass is 10.1. The fourth-order valence-corrected chi connectivity index (χ4v) is 2.96. The average molecular weight is 325 g/mol. The van der Waals surface area contributed by atoms with E-state index in [1.807, 2.05) is 24.3 Å². The van der Waals surface area contributed by atoms with E-state index in [0.717, 1.165) is 28.9 Å². The highest BCUT2D eigenvalue weighted by molar-refractivity contribution is 7.98. The monoisotopic (exact) mass is 325 g/mol. The average Bonchev–Trinajstić information content (AvgIpc) is 3.02. The van der Waals surface area contributed by atoms with E-state index in [1.54, 1.807) is 18.9 Å². The molecule has 0 saturated carbocycles. The van der Waals surface area contributed by atoms with Crippen LogP contribution in [0.3, 0.4) is 0 Å². The summed E-state index contributed by atoms with van der Waals surface area (Å²) < 4.78 is 5.17. The molecular formula is C18H19N3OS. The quantitative estimate of drug-likeness (QED) is 0.696. The van der Waals surface area contributed by atoms with Crippen LogP contribution in [-0.4, -0.2) is 22.3 Å². The lowest BCUT2D eigenvalue weighted by Gasteiger charge is -2.01. The lowest BCUT2D eigenvalue weighted by Crippen LogP contribution is -1.91. The van der Waals surface area contributed by atoms with Crippen LogP contribution >= 0.6 is 11.8 Å². The fourth-order valence-electron chi connectivity index (χ4n) is 2.19. The van der Waals surface area contributed by atoms with Gasteiger partial charge in [0.25, 0.3) is 0 Å². The van der Waals surface area contributed by atoms with E-state index in [0.29, 0.717) is 0 Å². The number of hydrogen-bond acceptors (Lipinski definition) is 4. The summed E-state index contributed by atoms with van der Waals surface area (Å²) in [4.78, 5) is 4.55.